The number of benzene rings is 1. The minimum atomic E-state index is -1.27. The predicted molar refractivity (Wildman–Crippen MR) is 117 cm³/mol. The molecule has 6 nitrogen and oxygen atoms in total. The van der Waals surface area contributed by atoms with Crippen LogP contribution in [-0.4, -0.2) is 40.8 Å². The van der Waals surface area contributed by atoms with Gasteiger partial charge in [-0.2, -0.15) is 0 Å². The van der Waals surface area contributed by atoms with E-state index in [1.54, 1.807) is 0 Å². The van der Waals surface area contributed by atoms with Crippen LogP contribution in [-0.2, 0) is 0 Å². The molecule has 0 spiro atoms. The number of anilines is 1. The van der Waals surface area contributed by atoms with Crippen LogP contribution in [0.4, 0.5) is 10.1 Å². The Morgan fingerprint density at radius 2 is 2.03 bits per heavy atom. The molecule has 2 aliphatic heterocycles. The zero-order valence-electron chi connectivity index (χ0n) is 17.3. The van der Waals surface area contributed by atoms with Gasteiger partial charge in [-0.3, -0.25) is 4.79 Å². The SMILES string of the molecule is O=C(O)c1cn(C2CC2)c2c3c(c(F)cc2c1=O)N1CC[C@@H](CNC2CC2)[C@@H]1CC=C3. The lowest BCUT2D eigenvalue weighted by atomic mass is 9.97. The number of aromatic carboxylic acids is 1. The lowest BCUT2D eigenvalue weighted by molar-refractivity contribution is 0.0695. The minimum Gasteiger partial charge on any atom is -0.477 e. The van der Waals surface area contributed by atoms with Gasteiger partial charge in [0.2, 0.25) is 5.43 Å². The quantitative estimate of drug-likeness (QED) is 0.770. The van der Waals surface area contributed by atoms with Gasteiger partial charge in [0.15, 0.2) is 0 Å². The van der Waals surface area contributed by atoms with E-state index in [9.17, 15) is 14.7 Å². The van der Waals surface area contributed by atoms with Crippen LogP contribution in [0.5, 0.6) is 0 Å². The third-order valence-electron chi connectivity index (χ3n) is 7.33. The van der Waals surface area contributed by atoms with Gasteiger partial charge in [-0.25, -0.2) is 9.18 Å². The molecule has 0 amide bonds. The summed E-state index contributed by atoms with van der Waals surface area (Å²) in [6.07, 6.45) is 11.8. The fourth-order valence-corrected chi connectivity index (χ4v) is 5.43. The smallest absolute Gasteiger partial charge is 0.341 e. The van der Waals surface area contributed by atoms with Crippen molar-refractivity contribution in [2.24, 2.45) is 5.92 Å². The van der Waals surface area contributed by atoms with Crippen molar-refractivity contribution in [1.29, 1.82) is 0 Å². The summed E-state index contributed by atoms with van der Waals surface area (Å²) >= 11 is 0. The van der Waals surface area contributed by atoms with Crippen LogP contribution < -0.4 is 15.6 Å². The van der Waals surface area contributed by atoms with Crippen LogP contribution in [0.3, 0.4) is 0 Å². The molecule has 31 heavy (non-hydrogen) atoms. The number of aromatic nitrogens is 1. The number of hydrogen-bond acceptors (Lipinski definition) is 4. The van der Waals surface area contributed by atoms with Gasteiger partial charge in [0.1, 0.15) is 11.4 Å². The molecule has 3 fully saturated rings. The number of nitrogens with one attached hydrogen (secondary N) is 1. The van der Waals surface area contributed by atoms with Crippen LogP contribution in [0.1, 0.15) is 60.5 Å². The molecule has 0 unspecified atom stereocenters. The van der Waals surface area contributed by atoms with Gasteiger partial charge in [-0.15, -0.1) is 0 Å². The molecule has 2 aliphatic carbocycles. The first kappa shape index (κ1) is 19.0. The van der Waals surface area contributed by atoms with E-state index in [4.69, 9.17) is 0 Å². The van der Waals surface area contributed by atoms with Gasteiger partial charge in [-0.1, -0.05) is 12.2 Å². The van der Waals surface area contributed by atoms with E-state index in [2.05, 4.69) is 16.3 Å². The van der Waals surface area contributed by atoms with Crippen molar-refractivity contribution in [1.82, 2.24) is 9.88 Å². The maximum absolute atomic E-state index is 15.5. The van der Waals surface area contributed by atoms with Crippen molar-refractivity contribution >= 4 is 28.6 Å². The van der Waals surface area contributed by atoms with Crippen molar-refractivity contribution < 1.29 is 14.3 Å². The lowest BCUT2D eigenvalue weighted by Gasteiger charge is -2.30. The molecule has 0 radical (unpaired) electrons. The van der Waals surface area contributed by atoms with Gasteiger partial charge >= 0.3 is 5.97 Å². The van der Waals surface area contributed by atoms with E-state index in [1.165, 1.54) is 25.1 Å². The topological polar surface area (TPSA) is 74.6 Å². The number of pyridine rings is 1. The maximum Gasteiger partial charge on any atom is 0.341 e. The third-order valence-corrected chi connectivity index (χ3v) is 7.33. The van der Waals surface area contributed by atoms with Crippen molar-refractivity contribution in [3.8, 4) is 0 Å². The van der Waals surface area contributed by atoms with Gasteiger partial charge < -0.3 is 19.9 Å². The molecule has 3 heterocycles. The minimum absolute atomic E-state index is 0.164. The summed E-state index contributed by atoms with van der Waals surface area (Å²) in [7, 11) is 0. The summed E-state index contributed by atoms with van der Waals surface area (Å²) in [4.78, 5) is 26.8. The summed E-state index contributed by atoms with van der Waals surface area (Å²) < 4.78 is 17.5. The van der Waals surface area contributed by atoms with Crippen LogP contribution in [0, 0.1) is 11.7 Å². The van der Waals surface area contributed by atoms with Gasteiger partial charge in [0.25, 0.3) is 0 Å². The monoisotopic (exact) mass is 423 g/mol. The Kier molecular flexibility index (Phi) is 4.25. The van der Waals surface area contributed by atoms with E-state index >= 15 is 4.39 Å². The lowest BCUT2D eigenvalue weighted by Crippen LogP contribution is -2.37. The summed E-state index contributed by atoms with van der Waals surface area (Å²) in [6, 6.07) is 2.32. The summed E-state index contributed by atoms with van der Waals surface area (Å²) in [6.45, 7) is 1.75. The predicted octanol–water partition coefficient (Wildman–Crippen LogP) is 3.54. The summed E-state index contributed by atoms with van der Waals surface area (Å²) in [5.41, 5.74) is 1.06. The highest BCUT2D eigenvalue weighted by Crippen LogP contribution is 2.44. The van der Waals surface area contributed by atoms with Crippen molar-refractivity contribution in [3.05, 3.63) is 45.5 Å². The molecule has 7 heteroatoms. The standard InChI is InChI=1S/C24H26FN3O3/c25-19-10-17-21(28(15-6-7-15)12-18(23(17)29)24(30)31)16-2-1-3-20-13(11-26-14-4-5-14)8-9-27(20)22(16)19/h1-2,10,12-15,20,26H,3-9,11H2,(H,30,31)/t13-,20-/m0/s1. The fraction of sp³-hybridized carbons (Fsp3) is 0.500. The van der Waals surface area contributed by atoms with Crippen molar-refractivity contribution in [2.45, 2.75) is 56.7 Å². The number of carboxylic acids is 1. The number of carbonyl (C=O) groups is 1. The second-order valence-corrected chi connectivity index (χ2v) is 9.46. The van der Waals surface area contributed by atoms with E-state index in [-0.39, 0.29) is 23.0 Å². The fourth-order valence-electron chi connectivity index (χ4n) is 5.43. The molecule has 6 rings (SSSR count). The van der Waals surface area contributed by atoms with E-state index in [0.717, 1.165) is 38.8 Å². The number of nitrogens with zero attached hydrogens (tertiary/aromatic N) is 2. The first-order valence-electron chi connectivity index (χ1n) is 11.3. The molecule has 2 N–H and O–H groups in total. The highest BCUT2D eigenvalue weighted by Gasteiger charge is 2.39. The largest absolute Gasteiger partial charge is 0.477 e. The Balaban J connectivity index is 1.51. The number of hydrogen-bond donors (Lipinski definition) is 2. The molecule has 2 aromatic rings. The van der Waals surface area contributed by atoms with Crippen LogP contribution >= 0.6 is 0 Å². The highest BCUT2D eigenvalue weighted by molar-refractivity contribution is 5.98. The number of fused-ring (bicyclic) bond motifs is 5. The number of carboxylic acid groups (broad SMARTS) is 1. The van der Waals surface area contributed by atoms with Gasteiger partial charge in [-0.05, 0) is 50.5 Å². The third kappa shape index (κ3) is 3.09. The first-order chi connectivity index (χ1) is 15.0. The Labute approximate surface area is 179 Å². The number of rotatable bonds is 5. The Hall–Kier alpha value is -2.67. The Bertz CT molecular complexity index is 1180. The average Bonchev–Trinajstić information content (AvgIpc) is 3.65. The maximum atomic E-state index is 15.5. The second-order valence-electron chi connectivity index (χ2n) is 9.46. The van der Waals surface area contributed by atoms with Gasteiger partial charge in [0, 0.05) is 43.0 Å². The van der Waals surface area contributed by atoms with Crippen molar-refractivity contribution in [3.63, 3.8) is 0 Å². The van der Waals surface area contributed by atoms with E-state index in [0.29, 0.717) is 28.7 Å². The molecular formula is C24H26FN3O3. The van der Waals surface area contributed by atoms with E-state index in [1.807, 2.05) is 10.6 Å². The number of halogens is 1. The molecule has 2 atom stereocenters. The van der Waals surface area contributed by atoms with Crippen LogP contribution in [0.25, 0.3) is 17.0 Å². The molecule has 1 aromatic carbocycles. The normalized spacial score (nSPS) is 24.9. The zero-order valence-corrected chi connectivity index (χ0v) is 17.3. The molecule has 162 valence electrons. The molecule has 4 aliphatic rings. The van der Waals surface area contributed by atoms with E-state index < -0.39 is 17.2 Å². The summed E-state index contributed by atoms with van der Waals surface area (Å²) in [5.74, 6) is -1.24. The van der Waals surface area contributed by atoms with Crippen molar-refractivity contribution in [2.75, 3.05) is 18.0 Å². The summed E-state index contributed by atoms with van der Waals surface area (Å²) in [5, 5.41) is 13.3. The molecule has 1 aromatic heterocycles. The zero-order chi connectivity index (χ0) is 21.3. The van der Waals surface area contributed by atoms with Crippen LogP contribution in [0.15, 0.2) is 23.1 Å². The molecule has 0 bridgehead atoms. The van der Waals surface area contributed by atoms with Crippen LogP contribution in [0.2, 0.25) is 0 Å². The highest BCUT2D eigenvalue weighted by atomic mass is 19.1. The van der Waals surface area contributed by atoms with Gasteiger partial charge in [0.05, 0.1) is 16.6 Å². The molecular weight excluding hydrogens is 397 g/mol. The Morgan fingerprint density at radius 1 is 1.23 bits per heavy atom. The average molecular weight is 423 g/mol. The molecule has 2 saturated carbocycles. The molecule has 1 saturated heterocycles. The Morgan fingerprint density at radius 3 is 2.74 bits per heavy atom. The second kappa shape index (κ2) is 6.92. The first-order valence-corrected chi connectivity index (χ1v) is 11.3.